The lowest BCUT2D eigenvalue weighted by molar-refractivity contribution is 0.264. The van der Waals surface area contributed by atoms with E-state index in [0.29, 0.717) is 5.92 Å². The van der Waals surface area contributed by atoms with Gasteiger partial charge in [0.15, 0.2) is 0 Å². The molecule has 1 unspecified atom stereocenters. The predicted octanol–water partition coefficient (Wildman–Crippen LogP) is 0.442. The van der Waals surface area contributed by atoms with E-state index in [4.69, 9.17) is 5.11 Å². The molecule has 0 aromatic carbocycles. The van der Waals surface area contributed by atoms with Crippen LogP contribution in [0.5, 0.6) is 0 Å². The molecule has 1 aliphatic carbocycles. The van der Waals surface area contributed by atoms with Crippen molar-refractivity contribution >= 4 is 0 Å². The number of aryl methyl sites for hydroxylation is 2. The first-order valence-corrected chi connectivity index (χ1v) is 3.94. The number of aliphatic hydroxyl groups excluding tert-OH is 1. The molecule has 1 aromatic rings. The van der Waals surface area contributed by atoms with Gasteiger partial charge in [-0.05, 0) is 18.4 Å². The zero-order chi connectivity index (χ0) is 7.84. The Balaban J connectivity index is 2.37. The summed E-state index contributed by atoms with van der Waals surface area (Å²) in [5.41, 5.74) is 2.42. The summed E-state index contributed by atoms with van der Waals surface area (Å²) < 4.78 is 1.83. The molecule has 0 fully saturated rings. The molecule has 1 aromatic heterocycles. The van der Waals surface area contributed by atoms with E-state index in [9.17, 15) is 0 Å². The molecule has 1 heterocycles. The molecule has 0 spiro atoms. The van der Waals surface area contributed by atoms with Crippen LogP contribution in [-0.4, -0.2) is 21.5 Å². The smallest absolute Gasteiger partial charge is 0.0660 e. The first-order chi connectivity index (χ1) is 5.31. The highest BCUT2D eigenvalue weighted by atomic mass is 16.3. The Morgan fingerprint density at radius 1 is 1.82 bits per heavy atom. The highest BCUT2D eigenvalue weighted by Crippen LogP contribution is 2.31. The van der Waals surface area contributed by atoms with Crippen molar-refractivity contribution in [3.63, 3.8) is 0 Å². The first-order valence-electron chi connectivity index (χ1n) is 3.94. The molecular weight excluding hydrogens is 140 g/mol. The van der Waals surface area contributed by atoms with Crippen LogP contribution in [0.3, 0.4) is 0 Å². The standard InChI is InChI=1S/C8H12N2O/c1-10-4-7-6(5-11)2-3-8(7)9-10/h4,6,11H,2-3,5H2,1H3. The maximum Gasteiger partial charge on any atom is 0.0660 e. The molecule has 60 valence electrons. The van der Waals surface area contributed by atoms with Crippen molar-refractivity contribution in [3.05, 3.63) is 17.5 Å². The molecule has 0 saturated heterocycles. The molecule has 0 saturated carbocycles. The summed E-state index contributed by atoms with van der Waals surface area (Å²) in [6.07, 6.45) is 4.11. The first kappa shape index (κ1) is 6.85. The second-order valence-corrected chi connectivity index (χ2v) is 3.12. The number of rotatable bonds is 1. The summed E-state index contributed by atoms with van der Waals surface area (Å²) in [6.45, 7) is 0.263. The van der Waals surface area contributed by atoms with Crippen LogP contribution in [0, 0.1) is 0 Å². The Morgan fingerprint density at radius 3 is 3.36 bits per heavy atom. The second-order valence-electron chi connectivity index (χ2n) is 3.12. The Kier molecular flexibility index (Phi) is 1.46. The van der Waals surface area contributed by atoms with Gasteiger partial charge >= 0.3 is 0 Å². The van der Waals surface area contributed by atoms with Gasteiger partial charge in [-0.3, -0.25) is 4.68 Å². The zero-order valence-corrected chi connectivity index (χ0v) is 6.62. The maximum absolute atomic E-state index is 8.99. The Bertz CT molecular complexity index is 267. The molecular formula is C8H12N2O. The lowest BCUT2D eigenvalue weighted by Crippen LogP contribution is -1.98. The van der Waals surface area contributed by atoms with Crippen molar-refractivity contribution in [1.82, 2.24) is 9.78 Å². The molecule has 3 heteroatoms. The van der Waals surface area contributed by atoms with Crippen LogP contribution < -0.4 is 0 Å². The number of aliphatic hydroxyl groups is 1. The maximum atomic E-state index is 8.99. The summed E-state index contributed by atoms with van der Waals surface area (Å²) in [7, 11) is 1.92. The number of aromatic nitrogens is 2. The summed E-state index contributed by atoms with van der Waals surface area (Å²) >= 11 is 0. The van der Waals surface area contributed by atoms with E-state index in [1.807, 2.05) is 17.9 Å². The molecule has 0 aliphatic heterocycles. The normalized spacial score (nSPS) is 22.2. The quantitative estimate of drug-likeness (QED) is 0.634. The van der Waals surface area contributed by atoms with Crippen molar-refractivity contribution in [2.45, 2.75) is 18.8 Å². The van der Waals surface area contributed by atoms with Crippen LogP contribution in [0.1, 0.15) is 23.6 Å². The predicted molar refractivity (Wildman–Crippen MR) is 41.4 cm³/mol. The molecule has 1 atom stereocenters. The minimum absolute atomic E-state index is 0.263. The number of hydrogen-bond donors (Lipinski definition) is 1. The average molecular weight is 152 g/mol. The van der Waals surface area contributed by atoms with Crippen LogP contribution in [0.2, 0.25) is 0 Å². The summed E-state index contributed by atoms with van der Waals surface area (Å²) in [6, 6.07) is 0. The van der Waals surface area contributed by atoms with Gasteiger partial charge in [0.05, 0.1) is 12.3 Å². The molecule has 3 nitrogen and oxygen atoms in total. The van der Waals surface area contributed by atoms with Crippen molar-refractivity contribution in [2.75, 3.05) is 6.61 Å². The van der Waals surface area contributed by atoms with Gasteiger partial charge in [0, 0.05) is 19.2 Å². The minimum Gasteiger partial charge on any atom is -0.396 e. The van der Waals surface area contributed by atoms with Gasteiger partial charge in [0.2, 0.25) is 0 Å². The molecule has 1 N–H and O–H groups in total. The highest BCUT2D eigenvalue weighted by Gasteiger charge is 2.24. The van der Waals surface area contributed by atoms with Gasteiger partial charge in [0.25, 0.3) is 0 Å². The van der Waals surface area contributed by atoms with E-state index in [1.54, 1.807) is 0 Å². The number of fused-ring (bicyclic) bond motifs is 1. The molecule has 11 heavy (non-hydrogen) atoms. The molecule has 0 amide bonds. The fourth-order valence-corrected chi connectivity index (χ4v) is 1.74. The Morgan fingerprint density at radius 2 is 2.64 bits per heavy atom. The molecule has 2 rings (SSSR count). The molecule has 0 radical (unpaired) electrons. The fourth-order valence-electron chi connectivity index (χ4n) is 1.74. The Labute approximate surface area is 65.7 Å². The van der Waals surface area contributed by atoms with E-state index in [-0.39, 0.29) is 6.61 Å². The number of hydrogen-bond acceptors (Lipinski definition) is 2. The third-order valence-corrected chi connectivity index (χ3v) is 2.33. The van der Waals surface area contributed by atoms with Gasteiger partial charge in [-0.25, -0.2) is 0 Å². The van der Waals surface area contributed by atoms with Gasteiger partial charge in [-0.1, -0.05) is 0 Å². The lowest BCUT2D eigenvalue weighted by Gasteiger charge is -2.02. The van der Waals surface area contributed by atoms with Crippen LogP contribution in [0.25, 0.3) is 0 Å². The van der Waals surface area contributed by atoms with Crippen molar-refractivity contribution in [2.24, 2.45) is 7.05 Å². The third-order valence-electron chi connectivity index (χ3n) is 2.33. The van der Waals surface area contributed by atoms with E-state index in [1.165, 1.54) is 11.3 Å². The third kappa shape index (κ3) is 0.959. The zero-order valence-electron chi connectivity index (χ0n) is 6.62. The highest BCUT2D eigenvalue weighted by molar-refractivity contribution is 5.27. The van der Waals surface area contributed by atoms with Gasteiger partial charge < -0.3 is 5.11 Å². The number of nitrogens with zero attached hydrogens (tertiary/aromatic N) is 2. The van der Waals surface area contributed by atoms with E-state index < -0.39 is 0 Å². The minimum atomic E-state index is 0.263. The van der Waals surface area contributed by atoms with Crippen molar-refractivity contribution < 1.29 is 5.11 Å². The molecule has 1 aliphatic rings. The van der Waals surface area contributed by atoms with Crippen LogP contribution >= 0.6 is 0 Å². The lowest BCUT2D eigenvalue weighted by atomic mass is 10.1. The summed E-state index contributed by atoms with van der Waals surface area (Å²) in [4.78, 5) is 0. The second kappa shape index (κ2) is 2.34. The van der Waals surface area contributed by atoms with E-state index in [2.05, 4.69) is 5.10 Å². The molecule has 0 bridgehead atoms. The van der Waals surface area contributed by atoms with E-state index in [0.717, 1.165) is 12.8 Å². The van der Waals surface area contributed by atoms with Crippen LogP contribution in [-0.2, 0) is 13.5 Å². The van der Waals surface area contributed by atoms with Crippen molar-refractivity contribution in [3.8, 4) is 0 Å². The van der Waals surface area contributed by atoms with Gasteiger partial charge in [-0.2, -0.15) is 5.10 Å². The van der Waals surface area contributed by atoms with E-state index >= 15 is 0 Å². The monoisotopic (exact) mass is 152 g/mol. The van der Waals surface area contributed by atoms with Gasteiger partial charge in [0.1, 0.15) is 0 Å². The van der Waals surface area contributed by atoms with Crippen LogP contribution in [0.15, 0.2) is 6.20 Å². The topological polar surface area (TPSA) is 38.0 Å². The summed E-state index contributed by atoms with van der Waals surface area (Å²) in [5.74, 6) is 0.346. The fraction of sp³-hybridized carbons (Fsp3) is 0.625. The Hall–Kier alpha value is -0.830. The largest absolute Gasteiger partial charge is 0.396 e. The van der Waals surface area contributed by atoms with Crippen molar-refractivity contribution in [1.29, 1.82) is 0 Å². The average Bonchev–Trinajstić information content (AvgIpc) is 2.45. The summed E-state index contributed by atoms with van der Waals surface area (Å²) in [5, 5.41) is 13.3. The van der Waals surface area contributed by atoms with Crippen LogP contribution in [0.4, 0.5) is 0 Å². The SMILES string of the molecule is Cn1cc2c(n1)CCC2CO. The van der Waals surface area contributed by atoms with Gasteiger partial charge in [-0.15, -0.1) is 0 Å².